The fraction of sp³-hybridized carbons (Fsp3) is 1.00. The maximum absolute atomic E-state index is 5.84. The largest absolute Gasteiger partial charge is 0.360 e. The third-order valence-corrected chi connectivity index (χ3v) is 3.89. The maximum Gasteiger partial charge on any atom is 0.128 e. The molecule has 0 radical (unpaired) electrons. The number of nitrogens with one attached hydrogen (secondary N) is 1. The Kier molecular flexibility index (Phi) is 2.63. The van der Waals surface area contributed by atoms with Gasteiger partial charge >= 0.3 is 0 Å². The van der Waals surface area contributed by atoms with E-state index in [1.54, 1.807) is 0 Å². The second kappa shape index (κ2) is 3.56. The highest BCUT2D eigenvalue weighted by Crippen LogP contribution is 2.30. The van der Waals surface area contributed by atoms with Crippen molar-refractivity contribution in [1.29, 1.82) is 0 Å². The molecule has 2 atom stereocenters. The molecule has 2 rings (SSSR count). The highest BCUT2D eigenvalue weighted by atomic mass is 32.2. The van der Waals surface area contributed by atoms with Gasteiger partial charge in [-0.2, -0.15) is 11.8 Å². The summed E-state index contributed by atoms with van der Waals surface area (Å²) >= 11 is 2.01. The number of ether oxygens (including phenoxy) is 1. The van der Waals surface area contributed by atoms with E-state index in [1.165, 1.54) is 18.6 Å². The van der Waals surface area contributed by atoms with Crippen molar-refractivity contribution in [3.8, 4) is 0 Å². The zero-order valence-electron chi connectivity index (χ0n) is 7.64. The van der Waals surface area contributed by atoms with Crippen LogP contribution in [0.15, 0.2) is 0 Å². The fourth-order valence-corrected chi connectivity index (χ4v) is 3.12. The molecule has 0 aromatic rings. The summed E-state index contributed by atoms with van der Waals surface area (Å²) in [6.45, 7) is 3.19. The van der Waals surface area contributed by atoms with Crippen molar-refractivity contribution in [1.82, 2.24) is 5.32 Å². The summed E-state index contributed by atoms with van der Waals surface area (Å²) in [6, 6.07) is 0.637. The van der Waals surface area contributed by atoms with Crippen LogP contribution in [0.5, 0.6) is 0 Å². The average Bonchev–Trinajstić information content (AvgIpc) is 2.05. The van der Waals surface area contributed by atoms with Crippen LogP contribution in [0.1, 0.15) is 26.2 Å². The first-order valence-corrected chi connectivity index (χ1v) is 5.96. The molecule has 0 aromatic heterocycles. The normalized spacial score (nSPS) is 43.2. The van der Waals surface area contributed by atoms with Gasteiger partial charge in [0.2, 0.25) is 0 Å². The number of rotatable bonds is 0. The molecular formula is C9H17NOS. The molecule has 1 N–H and O–H groups in total. The Morgan fingerprint density at radius 3 is 3.17 bits per heavy atom. The molecule has 2 aliphatic rings. The summed E-state index contributed by atoms with van der Waals surface area (Å²) < 4.78 is 5.84. The lowest BCUT2D eigenvalue weighted by Crippen LogP contribution is -2.58. The summed E-state index contributed by atoms with van der Waals surface area (Å²) in [6.07, 6.45) is 3.65. The van der Waals surface area contributed by atoms with Crippen molar-refractivity contribution in [2.45, 2.75) is 38.0 Å². The molecule has 0 aromatic carbocycles. The van der Waals surface area contributed by atoms with E-state index in [9.17, 15) is 0 Å². The summed E-state index contributed by atoms with van der Waals surface area (Å²) in [5.74, 6) is 2.44. The second-order valence-corrected chi connectivity index (χ2v) is 4.94. The third kappa shape index (κ3) is 1.78. The van der Waals surface area contributed by atoms with Crippen LogP contribution in [-0.2, 0) is 4.74 Å². The van der Waals surface area contributed by atoms with Gasteiger partial charge in [-0.25, -0.2) is 0 Å². The van der Waals surface area contributed by atoms with E-state index in [1.807, 2.05) is 11.8 Å². The molecule has 0 saturated carbocycles. The van der Waals surface area contributed by atoms with Gasteiger partial charge in [0.1, 0.15) is 5.72 Å². The zero-order chi connectivity index (χ0) is 8.44. The van der Waals surface area contributed by atoms with Crippen molar-refractivity contribution in [2.75, 3.05) is 18.1 Å². The van der Waals surface area contributed by atoms with Gasteiger partial charge in [-0.05, 0) is 31.9 Å². The average molecular weight is 187 g/mol. The van der Waals surface area contributed by atoms with Crippen molar-refractivity contribution >= 4 is 11.8 Å². The van der Waals surface area contributed by atoms with Crippen LogP contribution in [-0.4, -0.2) is 29.9 Å². The Bertz CT molecular complexity index is 151. The quantitative estimate of drug-likeness (QED) is 0.622. The summed E-state index contributed by atoms with van der Waals surface area (Å²) in [7, 11) is 0. The van der Waals surface area contributed by atoms with Crippen LogP contribution < -0.4 is 5.32 Å². The van der Waals surface area contributed by atoms with Crippen LogP contribution in [0.2, 0.25) is 0 Å². The van der Waals surface area contributed by atoms with Gasteiger partial charge in [0.25, 0.3) is 0 Å². The third-order valence-electron chi connectivity index (χ3n) is 2.64. The molecule has 2 fully saturated rings. The summed E-state index contributed by atoms with van der Waals surface area (Å²) in [4.78, 5) is 0. The summed E-state index contributed by atoms with van der Waals surface area (Å²) in [5.41, 5.74) is 0.0422. The lowest BCUT2D eigenvalue weighted by Gasteiger charge is -2.43. The SMILES string of the molecule is CC1CCOC2(CCCSC2)N1. The molecule has 1 spiro atoms. The Balaban J connectivity index is 1.97. The molecule has 2 saturated heterocycles. The molecule has 0 aliphatic carbocycles. The van der Waals surface area contributed by atoms with Gasteiger partial charge in [-0.1, -0.05) is 0 Å². The van der Waals surface area contributed by atoms with Crippen LogP contribution in [0, 0.1) is 0 Å². The first-order chi connectivity index (χ1) is 5.81. The highest BCUT2D eigenvalue weighted by molar-refractivity contribution is 7.99. The minimum absolute atomic E-state index is 0.0422. The molecule has 2 aliphatic heterocycles. The number of hydrogen-bond acceptors (Lipinski definition) is 3. The molecule has 70 valence electrons. The van der Waals surface area contributed by atoms with E-state index >= 15 is 0 Å². The monoisotopic (exact) mass is 187 g/mol. The first kappa shape index (κ1) is 8.85. The Labute approximate surface area is 78.4 Å². The second-order valence-electron chi connectivity index (χ2n) is 3.83. The van der Waals surface area contributed by atoms with Crippen LogP contribution in [0.3, 0.4) is 0 Å². The predicted octanol–water partition coefficient (Wildman–Crippen LogP) is 1.61. The van der Waals surface area contributed by atoms with E-state index in [2.05, 4.69) is 12.2 Å². The van der Waals surface area contributed by atoms with Gasteiger partial charge in [-0.3, -0.25) is 5.32 Å². The van der Waals surface area contributed by atoms with E-state index in [0.717, 1.165) is 18.8 Å². The molecule has 2 heterocycles. The lowest BCUT2D eigenvalue weighted by atomic mass is 10.0. The van der Waals surface area contributed by atoms with Gasteiger partial charge in [0.15, 0.2) is 0 Å². The van der Waals surface area contributed by atoms with Crippen molar-refractivity contribution in [3.05, 3.63) is 0 Å². The van der Waals surface area contributed by atoms with Gasteiger partial charge in [0, 0.05) is 11.8 Å². The predicted molar refractivity (Wildman–Crippen MR) is 52.5 cm³/mol. The van der Waals surface area contributed by atoms with Crippen molar-refractivity contribution < 1.29 is 4.74 Å². The Hall–Kier alpha value is 0.270. The maximum atomic E-state index is 5.84. The molecule has 2 nitrogen and oxygen atoms in total. The fourth-order valence-electron chi connectivity index (χ4n) is 1.99. The first-order valence-electron chi connectivity index (χ1n) is 4.80. The highest BCUT2D eigenvalue weighted by Gasteiger charge is 2.36. The van der Waals surface area contributed by atoms with Gasteiger partial charge in [0.05, 0.1) is 6.61 Å². The van der Waals surface area contributed by atoms with Crippen LogP contribution in [0.25, 0.3) is 0 Å². The van der Waals surface area contributed by atoms with Crippen LogP contribution >= 0.6 is 11.8 Å². The van der Waals surface area contributed by atoms with Gasteiger partial charge < -0.3 is 4.74 Å². The van der Waals surface area contributed by atoms with Crippen molar-refractivity contribution in [2.24, 2.45) is 0 Å². The zero-order valence-corrected chi connectivity index (χ0v) is 8.45. The summed E-state index contributed by atoms with van der Waals surface area (Å²) in [5, 5.41) is 3.59. The lowest BCUT2D eigenvalue weighted by molar-refractivity contribution is -0.0981. The van der Waals surface area contributed by atoms with E-state index < -0.39 is 0 Å². The van der Waals surface area contributed by atoms with E-state index in [-0.39, 0.29) is 5.72 Å². The smallest absolute Gasteiger partial charge is 0.128 e. The van der Waals surface area contributed by atoms with Gasteiger partial charge in [-0.15, -0.1) is 0 Å². The molecule has 0 amide bonds. The molecule has 3 heteroatoms. The molecular weight excluding hydrogens is 170 g/mol. The Morgan fingerprint density at radius 1 is 1.58 bits per heavy atom. The topological polar surface area (TPSA) is 21.3 Å². The minimum Gasteiger partial charge on any atom is -0.360 e. The molecule has 0 bridgehead atoms. The van der Waals surface area contributed by atoms with Crippen LogP contribution in [0.4, 0.5) is 0 Å². The number of thioether (sulfide) groups is 1. The van der Waals surface area contributed by atoms with Crippen molar-refractivity contribution in [3.63, 3.8) is 0 Å². The number of hydrogen-bond donors (Lipinski definition) is 1. The van der Waals surface area contributed by atoms with E-state index in [0.29, 0.717) is 6.04 Å². The van der Waals surface area contributed by atoms with E-state index in [4.69, 9.17) is 4.74 Å². The minimum atomic E-state index is 0.0422. The molecule has 2 unspecified atom stereocenters. The molecule has 12 heavy (non-hydrogen) atoms. The standard InChI is InChI=1S/C9H17NOS/c1-8-3-5-11-9(10-8)4-2-6-12-7-9/h8,10H,2-7H2,1H3. The Morgan fingerprint density at radius 2 is 2.50 bits per heavy atom.